The Morgan fingerprint density at radius 2 is 1.73 bits per heavy atom. The Balaban J connectivity index is 1.30. The highest BCUT2D eigenvalue weighted by Crippen LogP contribution is 2.39. The summed E-state index contributed by atoms with van der Waals surface area (Å²) in [6, 6.07) is 24.3. The number of nitrogens with one attached hydrogen (secondary N) is 2. The maximum absolute atomic E-state index is 13.0. The first-order valence-corrected chi connectivity index (χ1v) is 15.3. The molecule has 0 spiro atoms. The van der Waals surface area contributed by atoms with Crippen LogP contribution in [0.2, 0.25) is 0 Å². The van der Waals surface area contributed by atoms with Gasteiger partial charge in [0.25, 0.3) is 0 Å². The minimum absolute atomic E-state index is 0.0279. The van der Waals surface area contributed by atoms with Crippen LogP contribution in [-0.4, -0.2) is 52.8 Å². The van der Waals surface area contributed by atoms with Crippen LogP contribution in [0.15, 0.2) is 78.9 Å². The van der Waals surface area contributed by atoms with Gasteiger partial charge in [0, 0.05) is 30.8 Å². The number of hydrogen-bond donors (Lipinski definition) is 3. The van der Waals surface area contributed by atoms with Gasteiger partial charge in [0.15, 0.2) is 6.29 Å². The van der Waals surface area contributed by atoms with Crippen molar-refractivity contribution in [2.45, 2.75) is 83.3 Å². The maximum Gasteiger partial charge on any atom is 0.323 e. The number of amides is 2. The molecule has 234 valence electrons. The first-order valence-electron chi connectivity index (χ1n) is 15.3. The number of ether oxygens (including phenoxy) is 3. The first-order chi connectivity index (χ1) is 21.2. The molecule has 9 nitrogen and oxygen atoms in total. The molecule has 0 bridgehead atoms. The van der Waals surface area contributed by atoms with Crippen LogP contribution in [0.4, 0.5) is 10.5 Å². The van der Waals surface area contributed by atoms with Crippen LogP contribution in [0.1, 0.15) is 74.7 Å². The Morgan fingerprint density at radius 1 is 0.955 bits per heavy atom. The summed E-state index contributed by atoms with van der Waals surface area (Å²) in [6.07, 6.45) is 1.11. The number of aliphatic hydroxyl groups is 1. The Hall–Kier alpha value is -3.76. The minimum Gasteiger partial charge on any atom is -0.459 e. The molecule has 0 saturated carbocycles. The van der Waals surface area contributed by atoms with Crippen LogP contribution in [0.3, 0.4) is 0 Å². The van der Waals surface area contributed by atoms with Gasteiger partial charge in [-0.1, -0.05) is 66.7 Å². The predicted octanol–water partition coefficient (Wildman–Crippen LogP) is 5.85. The van der Waals surface area contributed by atoms with Gasteiger partial charge in [-0.2, -0.15) is 0 Å². The molecule has 2 fully saturated rings. The number of esters is 1. The van der Waals surface area contributed by atoms with Crippen LogP contribution in [0, 0.1) is 0 Å². The van der Waals surface area contributed by atoms with Gasteiger partial charge in [-0.3, -0.25) is 9.69 Å². The highest BCUT2D eigenvalue weighted by atomic mass is 16.7. The Kier molecular flexibility index (Phi) is 10.3. The summed E-state index contributed by atoms with van der Waals surface area (Å²) >= 11 is 0. The number of benzene rings is 3. The zero-order chi connectivity index (χ0) is 31.1. The molecular formula is C35H43N3O6. The van der Waals surface area contributed by atoms with Gasteiger partial charge in [0.2, 0.25) is 0 Å². The quantitative estimate of drug-likeness (QED) is 0.264. The SMILES string of the molecule is CC(C)(C)OC(=O)[C@@H]1CCCN1C[C@H]1C[C@@H](c2ccc(CO)cc2)O[C@@H](c2cccc(NC(=O)NCc3ccccc3)c2)O1. The van der Waals surface area contributed by atoms with Crippen molar-refractivity contribution in [3.63, 3.8) is 0 Å². The van der Waals surface area contributed by atoms with Crippen molar-refractivity contribution in [2.75, 3.05) is 18.4 Å². The van der Waals surface area contributed by atoms with E-state index in [-0.39, 0.29) is 36.9 Å². The van der Waals surface area contributed by atoms with Gasteiger partial charge in [0.1, 0.15) is 11.6 Å². The van der Waals surface area contributed by atoms with Gasteiger partial charge in [0.05, 0.1) is 18.8 Å². The van der Waals surface area contributed by atoms with E-state index in [1.807, 2.05) is 99.6 Å². The third-order valence-electron chi connectivity index (χ3n) is 7.81. The standard InChI is InChI=1S/C35H43N3O6/c1-35(2,3)44-32(40)30-13-8-18-38(30)22-29-20-31(26-16-14-25(23-39)15-17-26)43-33(42-29)27-11-7-12-28(19-27)37-34(41)36-21-24-9-5-4-6-10-24/h4-7,9-12,14-17,19,29-31,33,39H,8,13,18,20-23H2,1-3H3,(H2,36,37,41)/t29-,30+,31+,33+/m1/s1. The van der Waals surface area contributed by atoms with Gasteiger partial charge in [-0.05, 0) is 69.0 Å². The fraction of sp³-hybridized carbons (Fsp3) is 0.429. The largest absolute Gasteiger partial charge is 0.459 e. The lowest BCUT2D eigenvalue weighted by atomic mass is 9.99. The summed E-state index contributed by atoms with van der Waals surface area (Å²) in [6.45, 7) is 7.41. The van der Waals surface area contributed by atoms with Crippen molar-refractivity contribution in [2.24, 2.45) is 0 Å². The lowest BCUT2D eigenvalue weighted by Crippen LogP contribution is -2.45. The molecule has 4 atom stereocenters. The minimum atomic E-state index is -0.687. The number of urea groups is 1. The van der Waals surface area contributed by atoms with Crippen molar-refractivity contribution >= 4 is 17.7 Å². The van der Waals surface area contributed by atoms with E-state index < -0.39 is 11.9 Å². The zero-order valence-electron chi connectivity index (χ0n) is 25.7. The van der Waals surface area contributed by atoms with Gasteiger partial charge in [-0.25, -0.2) is 4.79 Å². The number of aliphatic hydroxyl groups excluding tert-OH is 1. The fourth-order valence-electron chi connectivity index (χ4n) is 5.69. The van der Waals surface area contributed by atoms with Crippen molar-refractivity contribution < 1.29 is 28.9 Å². The zero-order valence-corrected chi connectivity index (χ0v) is 25.7. The summed E-state index contributed by atoms with van der Waals surface area (Å²) < 4.78 is 18.8. The number of anilines is 1. The summed E-state index contributed by atoms with van der Waals surface area (Å²) in [5.74, 6) is -0.195. The molecule has 44 heavy (non-hydrogen) atoms. The van der Waals surface area contributed by atoms with Crippen LogP contribution in [0.25, 0.3) is 0 Å². The number of hydrogen-bond acceptors (Lipinski definition) is 7. The fourth-order valence-corrected chi connectivity index (χ4v) is 5.69. The molecule has 3 aromatic carbocycles. The van der Waals surface area contributed by atoms with E-state index in [4.69, 9.17) is 14.2 Å². The molecule has 2 saturated heterocycles. The second kappa shape index (κ2) is 14.3. The van der Waals surface area contributed by atoms with Gasteiger partial charge in [-0.15, -0.1) is 0 Å². The van der Waals surface area contributed by atoms with E-state index in [1.165, 1.54) is 0 Å². The third kappa shape index (κ3) is 8.66. The molecule has 9 heteroatoms. The molecule has 0 radical (unpaired) electrons. The van der Waals surface area contributed by atoms with Crippen LogP contribution in [-0.2, 0) is 32.2 Å². The molecule has 2 aliphatic heterocycles. The molecule has 0 unspecified atom stereocenters. The number of carbonyl (C=O) groups excluding carboxylic acids is 2. The highest BCUT2D eigenvalue weighted by molar-refractivity contribution is 5.89. The lowest BCUT2D eigenvalue weighted by Gasteiger charge is -2.38. The average Bonchev–Trinajstić information content (AvgIpc) is 3.48. The number of likely N-dealkylation sites (tertiary alicyclic amines) is 1. The van der Waals surface area contributed by atoms with E-state index in [0.29, 0.717) is 25.2 Å². The topological polar surface area (TPSA) is 109 Å². The number of nitrogens with zero attached hydrogens (tertiary/aromatic N) is 1. The van der Waals surface area contributed by atoms with Gasteiger partial charge < -0.3 is 30.0 Å². The van der Waals surface area contributed by atoms with Crippen molar-refractivity contribution in [1.82, 2.24) is 10.2 Å². The third-order valence-corrected chi connectivity index (χ3v) is 7.81. The van der Waals surface area contributed by atoms with E-state index in [0.717, 1.165) is 41.6 Å². The predicted molar refractivity (Wildman–Crippen MR) is 168 cm³/mol. The average molecular weight is 602 g/mol. The molecule has 5 rings (SSSR count). The molecule has 0 aromatic heterocycles. The van der Waals surface area contributed by atoms with Crippen LogP contribution in [0.5, 0.6) is 0 Å². The smallest absolute Gasteiger partial charge is 0.323 e. The first kappa shape index (κ1) is 31.7. The van der Waals surface area contributed by atoms with Crippen molar-refractivity contribution in [3.05, 3.63) is 101 Å². The Labute approximate surface area is 259 Å². The summed E-state index contributed by atoms with van der Waals surface area (Å²) in [5, 5.41) is 15.3. The molecule has 0 aliphatic carbocycles. The number of rotatable bonds is 9. The Morgan fingerprint density at radius 3 is 2.45 bits per heavy atom. The normalized spacial score (nSPS) is 22.4. The lowest BCUT2D eigenvalue weighted by molar-refractivity contribution is -0.253. The van der Waals surface area contributed by atoms with E-state index in [2.05, 4.69) is 15.5 Å². The van der Waals surface area contributed by atoms with Crippen LogP contribution < -0.4 is 10.6 Å². The molecule has 2 amide bonds. The monoisotopic (exact) mass is 601 g/mol. The van der Waals surface area contributed by atoms with Crippen molar-refractivity contribution in [1.29, 1.82) is 0 Å². The number of carbonyl (C=O) groups is 2. The summed E-state index contributed by atoms with van der Waals surface area (Å²) in [7, 11) is 0. The maximum atomic E-state index is 13.0. The van der Waals surface area contributed by atoms with E-state index >= 15 is 0 Å². The molecule has 3 N–H and O–H groups in total. The highest BCUT2D eigenvalue weighted by Gasteiger charge is 2.39. The summed E-state index contributed by atoms with van der Waals surface area (Å²) in [5.41, 5.74) is 3.68. The molecule has 2 heterocycles. The second-order valence-electron chi connectivity index (χ2n) is 12.5. The second-order valence-corrected chi connectivity index (χ2v) is 12.5. The Bertz CT molecular complexity index is 1390. The molecule has 2 aliphatic rings. The van der Waals surface area contributed by atoms with E-state index in [9.17, 15) is 14.7 Å². The van der Waals surface area contributed by atoms with E-state index in [1.54, 1.807) is 0 Å². The molecule has 3 aromatic rings. The van der Waals surface area contributed by atoms with Crippen LogP contribution >= 0.6 is 0 Å². The van der Waals surface area contributed by atoms with Crippen molar-refractivity contribution in [3.8, 4) is 0 Å². The van der Waals surface area contributed by atoms with Gasteiger partial charge >= 0.3 is 12.0 Å². The summed E-state index contributed by atoms with van der Waals surface area (Å²) in [4.78, 5) is 27.8. The molecular weight excluding hydrogens is 558 g/mol.